The van der Waals surface area contributed by atoms with E-state index in [-0.39, 0.29) is 24.5 Å². The molecule has 10 heteroatoms. The number of anilines is 2. The summed E-state index contributed by atoms with van der Waals surface area (Å²) in [4.78, 5) is 29.0. The summed E-state index contributed by atoms with van der Waals surface area (Å²) in [6, 6.07) is 6.31. The first-order valence-electron chi connectivity index (χ1n) is 12.2. The van der Waals surface area contributed by atoms with E-state index >= 15 is 0 Å². The van der Waals surface area contributed by atoms with Crippen LogP contribution in [0.15, 0.2) is 30.7 Å². The van der Waals surface area contributed by atoms with Crippen molar-refractivity contribution in [1.29, 1.82) is 0 Å². The van der Waals surface area contributed by atoms with Crippen LogP contribution in [0.2, 0.25) is 0 Å². The summed E-state index contributed by atoms with van der Waals surface area (Å²) >= 11 is 1.69. The van der Waals surface area contributed by atoms with Crippen molar-refractivity contribution in [2.45, 2.75) is 31.7 Å². The second kappa shape index (κ2) is 9.18. The zero-order chi connectivity index (χ0) is 23.9. The molecule has 182 valence electrons. The predicted octanol–water partition coefficient (Wildman–Crippen LogP) is 2.94. The topological polar surface area (TPSA) is 110 Å². The molecule has 0 saturated carbocycles. The minimum absolute atomic E-state index is 0.00149. The van der Waals surface area contributed by atoms with Gasteiger partial charge in [0.2, 0.25) is 5.91 Å². The molecule has 2 atom stereocenters. The Morgan fingerprint density at radius 1 is 1.31 bits per heavy atom. The molecule has 1 saturated heterocycles. The third-order valence-electron chi connectivity index (χ3n) is 7.45. The Balaban J connectivity index is 1.23. The van der Waals surface area contributed by atoms with Crippen molar-refractivity contribution in [1.82, 2.24) is 30.0 Å². The number of carbonyl (C=O) groups is 1. The number of hydrogen-bond donors (Lipinski definition) is 3. The van der Waals surface area contributed by atoms with Crippen molar-refractivity contribution < 1.29 is 9.90 Å². The number of carbonyl (C=O) groups excluding carboxylic acids is 1. The molecular weight excluding hydrogens is 462 g/mol. The normalized spacial score (nSPS) is 20.9. The molecule has 1 amide bonds. The number of aromatic amines is 1. The Kier molecular flexibility index (Phi) is 5.87. The lowest BCUT2D eigenvalue weighted by molar-refractivity contribution is -0.138. The minimum Gasteiger partial charge on any atom is -0.396 e. The number of amides is 1. The molecule has 2 aliphatic rings. The van der Waals surface area contributed by atoms with Crippen molar-refractivity contribution in [3.8, 4) is 0 Å². The van der Waals surface area contributed by atoms with Gasteiger partial charge >= 0.3 is 0 Å². The molecule has 0 bridgehead atoms. The number of aromatic nitrogens is 4. The van der Waals surface area contributed by atoms with Crippen LogP contribution in [-0.2, 0) is 17.6 Å². The van der Waals surface area contributed by atoms with Gasteiger partial charge in [-0.15, -0.1) is 11.3 Å². The van der Waals surface area contributed by atoms with E-state index in [9.17, 15) is 9.90 Å². The number of piperazine rings is 1. The summed E-state index contributed by atoms with van der Waals surface area (Å²) in [5.41, 5.74) is 3.23. The van der Waals surface area contributed by atoms with Crippen LogP contribution >= 0.6 is 11.3 Å². The van der Waals surface area contributed by atoms with Crippen molar-refractivity contribution in [3.63, 3.8) is 0 Å². The summed E-state index contributed by atoms with van der Waals surface area (Å²) in [5, 5.41) is 22.1. The van der Waals surface area contributed by atoms with Gasteiger partial charge in [0.1, 0.15) is 17.0 Å². The Labute approximate surface area is 207 Å². The molecule has 35 heavy (non-hydrogen) atoms. The highest BCUT2D eigenvalue weighted by Crippen LogP contribution is 2.41. The van der Waals surface area contributed by atoms with Crippen LogP contribution in [0, 0.1) is 5.92 Å². The highest BCUT2D eigenvalue weighted by molar-refractivity contribution is 7.19. The van der Waals surface area contributed by atoms with E-state index in [2.05, 4.69) is 43.5 Å². The maximum absolute atomic E-state index is 13.4. The van der Waals surface area contributed by atoms with Gasteiger partial charge in [-0.05, 0) is 56.5 Å². The molecule has 9 nitrogen and oxygen atoms in total. The molecule has 0 radical (unpaired) electrons. The molecule has 0 spiro atoms. The first kappa shape index (κ1) is 22.4. The summed E-state index contributed by atoms with van der Waals surface area (Å²) in [7, 11) is 2.08. The predicted molar refractivity (Wildman–Crippen MR) is 137 cm³/mol. The molecule has 1 fully saturated rings. The first-order chi connectivity index (χ1) is 17.1. The second-order valence-electron chi connectivity index (χ2n) is 9.57. The second-order valence-corrected chi connectivity index (χ2v) is 10.7. The third-order valence-corrected chi connectivity index (χ3v) is 8.61. The average Bonchev–Trinajstić information content (AvgIpc) is 3.49. The van der Waals surface area contributed by atoms with E-state index in [1.165, 1.54) is 10.4 Å². The number of fused-ring (bicyclic) bond motifs is 4. The number of nitrogens with zero attached hydrogens (tertiary/aromatic N) is 5. The van der Waals surface area contributed by atoms with Crippen molar-refractivity contribution in [2.75, 3.05) is 38.6 Å². The number of aryl methyl sites for hydroxylation is 1. The molecule has 4 heterocycles. The quantitative estimate of drug-likeness (QED) is 0.394. The number of nitrogens with one attached hydrogen (secondary N) is 2. The summed E-state index contributed by atoms with van der Waals surface area (Å²) < 4.78 is 0. The molecule has 1 aliphatic carbocycles. The molecule has 1 aromatic carbocycles. The number of aliphatic hydroxyl groups is 1. The summed E-state index contributed by atoms with van der Waals surface area (Å²) in [6.07, 6.45) is 6.57. The van der Waals surface area contributed by atoms with E-state index in [1.807, 2.05) is 23.2 Å². The summed E-state index contributed by atoms with van der Waals surface area (Å²) in [6.45, 7) is 2.46. The Morgan fingerprint density at radius 3 is 3.11 bits per heavy atom. The lowest BCUT2D eigenvalue weighted by atomic mass is 9.86. The zero-order valence-corrected chi connectivity index (χ0v) is 20.5. The van der Waals surface area contributed by atoms with Crippen LogP contribution in [0.1, 0.15) is 23.3 Å². The van der Waals surface area contributed by atoms with E-state index in [0.717, 1.165) is 65.0 Å². The standard InChI is InChI=1S/C25H29N7O2S/c1-31-7-8-32(13-18(31)6-9-33)25(34)15-2-4-19-21(11-15)35-24-22(19)23(26-14-27-24)29-17-3-5-20-16(10-17)12-28-30-20/h3,5,10,12,14-15,18,33H,2,4,6-9,11,13H2,1H3,(H,28,30)(H,26,27,29). The number of rotatable bonds is 5. The molecule has 6 rings (SSSR count). The van der Waals surface area contributed by atoms with E-state index < -0.39 is 0 Å². The van der Waals surface area contributed by atoms with Gasteiger partial charge < -0.3 is 15.3 Å². The van der Waals surface area contributed by atoms with Crippen LogP contribution in [0.3, 0.4) is 0 Å². The highest BCUT2D eigenvalue weighted by Gasteiger charge is 2.34. The maximum Gasteiger partial charge on any atom is 0.226 e. The fourth-order valence-corrected chi connectivity index (χ4v) is 6.71. The monoisotopic (exact) mass is 491 g/mol. The number of aliphatic hydroxyl groups excluding tert-OH is 1. The molecule has 1 aliphatic heterocycles. The third kappa shape index (κ3) is 4.15. The SMILES string of the molecule is CN1CCN(C(=O)C2CCc3c(sc4ncnc(Nc5ccc6[nH]ncc6c5)c34)C2)CC1CCO. The van der Waals surface area contributed by atoms with Crippen LogP contribution < -0.4 is 5.32 Å². The van der Waals surface area contributed by atoms with Crippen molar-refractivity contribution in [2.24, 2.45) is 5.92 Å². The van der Waals surface area contributed by atoms with E-state index in [4.69, 9.17) is 0 Å². The van der Waals surface area contributed by atoms with Crippen LogP contribution in [0.5, 0.6) is 0 Å². The van der Waals surface area contributed by atoms with Gasteiger partial charge in [0.15, 0.2) is 0 Å². The molecule has 4 aromatic rings. The fourth-order valence-electron chi connectivity index (χ4n) is 5.44. The Bertz CT molecular complexity index is 1380. The van der Waals surface area contributed by atoms with Crippen LogP contribution in [-0.4, -0.2) is 80.3 Å². The number of H-pyrrole nitrogens is 1. The smallest absolute Gasteiger partial charge is 0.226 e. The molecule has 2 unspecified atom stereocenters. The molecule has 3 aromatic heterocycles. The van der Waals surface area contributed by atoms with Gasteiger partial charge in [-0.25, -0.2) is 9.97 Å². The number of thiophene rings is 1. The van der Waals surface area contributed by atoms with Gasteiger partial charge in [0.25, 0.3) is 0 Å². The van der Waals surface area contributed by atoms with Crippen molar-refractivity contribution >= 4 is 49.9 Å². The lowest BCUT2D eigenvalue weighted by Gasteiger charge is -2.41. The van der Waals surface area contributed by atoms with E-state index in [0.29, 0.717) is 13.0 Å². The van der Waals surface area contributed by atoms with Gasteiger partial charge in [-0.2, -0.15) is 5.10 Å². The Morgan fingerprint density at radius 2 is 2.23 bits per heavy atom. The highest BCUT2D eigenvalue weighted by atomic mass is 32.1. The zero-order valence-electron chi connectivity index (χ0n) is 19.7. The molecule has 3 N–H and O–H groups in total. The lowest BCUT2D eigenvalue weighted by Crippen LogP contribution is -2.55. The first-order valence-corrected chi connectivity index (χ1v) is 13.0. The number of hydrogen-bond acceptors (Lipinski definition) is 8. The van der Waals surface area contributed by atoms with Gasteiger partial charge in [-0.1, -0.05) is 0 Å². The maximum atomic E-state index is 13.4. The number of benzene rings is 1. The van der Waals surface area contributed by atoms with Crippen LogP contribution in [0.25, 0.3) is 21.1 Å². The largest absolute Gasteiger partial charge is 0.396 e. The van der Waals surface area contributed by atoms with Gasteiger partial charge in [0, 0.05) is 54.2 Å². The average molecular weight is 492 g/mol. The number of likely N-dealkylation sites (N-methyl/N-ethyl adjacent to an activating group) is 1. The van der Waals surface area contributed by atoms with Crippen molar-refractivity contribution in [3.05, 3.63) is 41.2 Å². The minimum atomic E-state index is 0.00149. The fraction of sp³-hybridized carbons (Fsp3) is 0.440. The summed E-state index contributed by atoms with van der Waals surface area (Å²) in [5.74, 6) is 1.06. The van der Waals surface area contributed by atoms with Gasteiger partial charge in [0.05, 0.1) is 17.1 Å². The van der Waals surface area contributed by atoms with Gasteiger partial charge in [-0.3, -0.25) is 14.8 Å². The van der Waals surface area contributed by atoms with E-state index in [1.54, 1.807) is 17.7 Å². The molecular formula is C25H29N7O2S. The van der Waals surface area contributed by atoms with Crippen LogP contribution in [0.4, 0.5) is 11.5 Å². The Hall–Kier alpha value is -3.08.